The quantitative estimate of drug-likeness (QED) is 0.155. The number of para-hydroxylation sites is 2. The first-order chi connectivity index (χ1) is 32.5. The predicted molar refractivity (Wildman–Crippen MR) is 276 cm³/mol. The molecule has 0 bridgehead atoms. The van der Waals surface area contributed by atoms with Crippen molar-refractivity contribution in [2.24, 2.45) is 0 Å². The van der Waals surface area contributed by atoms with Gasteiger partial charge < -0.3 is 9.47 Å². The second-order valence-corrected chi connectivity index (χ2v) is 18.5. The molecule has 0 atom stereocenters. The Morgan fingerprint density at radius 1 is 0.333 bits per heavy atom. The van der Waals surface area contributed by atoms with Gasteiger partial charge in [-0.3, -0.25) is 0 Å². The first kappa shape index (κ1) is 38.3. The molecule has 13 rings (SSSR count). The molecular weight excluding hydrogens is 797 g/mol. The van der Waals surface area contributed by atoms with Crippen LogP contribution in [0.4, 0.5) is 17.1 Å². The normalized spacial score (nSPS) is 13.8. The highest BCUT2D eigenvalue weighted by molar-refractivity contribution is 6.09. The van der Waals surface area contributed by atoms with Gasteiger partial charge in [-0.25, -0.2) is 0 Å². The molecule has 2 nitrogen and oxygen atoms in total. The molecule has 0 fully saturated rings. The molecule has 2 aliphatic rings. The minimum absolute atomic E-state index is 0.138. The van der Waals surface area contributed by atoms with Gasteiger partial charge in [-0.05, 0) is 127 Å². The van der Waals surface area contributed by atoms with Gasteiger partial charge in [0.15, 0.2) is 0 Å². The van der Waals surface area contributed by atoms with Crippen LogP contribution in [0.3, 0.4) is 0 Å². The van der Waals surface area contributed by atoms with Gasteiger partial charge in [0.05, 0.1) is 16.4 Å². The van der Waals surface area contributed by atoms with Crippen LogP contribution in [-0.2, 0) is 10.8 Å². The molecule has 0 saturated carbocycles. The van der Waals surface area contributed by atoms with E-state index in [1.165, 1.54) is 88.6 Å². The highest BCUT2D eigenvalue weighted by Crippen LogP contribution is 2.58. The maximum atomic E-state index is 2.46. The predicted octanol–water partition coefficient (Wildman–Crippen LogP) is 16.6. The van der Waals surface area contributed by atoms with E-state index < -0.39 is 5.41 Å². The Morgan fingerprint density at radius 2 is 0.848 bits per heavy atom. The lowest BCUT2D eigenvalue weighted by Gasteiger charge is -2.34. The van der Waals surface area contributed by atoms with Gasteiger partial charge in [-0.2, -0.15) is 0 Å². The van der Waals surface area contributed by atoms with Gasteiger partial charge in [0, 0.05) is 38.9 Å². The summed E-state index contributed by atoms with van der Waals surface area (Å²) in [5, 5.41) is 2.53. The molecule has 0 unspecified atom stereocenters. The van der Waals surface area contributed by atoms with Crippen molar-refractivity contribution in [3.05, 3.63) is 276 Å². The fourth-order valence-corrected chi connectivity index (χ4v) is 11.7. The van der Waals surface area contributed by atoms with Gasteiger partial charge in [-0.15, -0.1) is 0 Å². The average molecular weight is 843 g/mol. The number of aromatic nitrogens is 1. The van der Waals surface area contributed by atoms with Crippen LogP contribution in [0.2, 0.25) is 0 Å². The molecule has 0 aliphatic heterocycles. The minimum atomic E-state index is -0.462. The monoisotopic (exact) mass is 842 g/mol. The van der Waals surface area contributed by atoms with E-state index >= 15 is 0 Å². The topological polar surface area (TPSA) is 8.17 Å². The highest BCUT2D eigenvalue weighted by Gasteiger charge is 2.46. The molecule has 11 aromatic rings. The van der Waals surface area contributed by atoms with Crippen molar-refractivity contribution in [1.82, 2.24) is 4.57 Å². The fourth-order valence-electron chi connectivity index (χ4n) is 11.7. The van der Waals surface area contributed by atoms with E-state index in [0.29, 0.717) is 0 Å². The van der Waals surface area contributed by atoms with Crippen molar-refractivity contribution < 1.29 is 0 Å². The maximum Gasteiger partial charge on any atom is 0.0713 e. The van der Waals surface area contributed by atoms with E-state index in [9.17, 15) is 0 Å². The Hall–Kier alpha value is -8.20. The standard InChI is InChI=1S/C64H46N2/c1-63(2)57-28-13-9-24-51(57)53-38-36-50(42-60(53)63)65(47-34-32-43(33-35-47)44-18-17-23-48(40-44)66-61-30-15-11-26-54(61)55-27-12-16-31-62(55)66)49-37-39-59-56(41-49)52-25-10-14-29-58(52)64(59,45-19-5-3-6-20-45)46-21-7-4-8-22-46/h3-42H,1-2H3. The average Bonchev–Trinajstić information content (AvgIpc) is 3.96. The molecule has 2 heteroatoms. The summed E-state index contributed by atoms with van der Waals surface area (Å²) in [6, 6.07) is 90.0. The summed E-state index contributed by atoms with van der Waals surface area (Å²) in [6.45, 7) is 4.74. The third-order valence-corrected chi connectivity index (χ3v) is 14.7. The summed E-state index contributed by atoms with van der Waals surface area (Å²) < 4.78 is 2.40. The van der Waals surface area contributed by atoms with Crippen LogP contribution in [0.25, 0.3) is 60.9 Å². The Labute approximate surface area is 386 Å². The summed E-state index contributed by atoms with van der Waals surface area (Å²) in [5.41, 5.74) is 21.7. The number of hydrogen-bond donors (Lipinski definition) is 0. The second kappa shape index (κ2) is 14.7. The number of rotatable bonds is 7. The molecular formula is C64H46N2. The molecule has 0 spiro atoms. The summed E-state index contributed by atoms with van der Waals surface area (Å²) in [7, 11) is 0. The SMILES string of the molecule is CC1(C)c2ccccc2-c2ccc(N(c3ccc(-c4cccc(-n5c6ccccc6c6ccccc65)c4)cc3)c3ccc4c(c3)-c3ccccc3C4(c3ccccc3)c3ccccc3)cc21. The molecule has 2 aliphatic carbocycles. The number of hydrogen-bond acceptors (Lipinski definition) is 1. The first-order valence-corrected chi connectivity index (χ1v) is 23.1. The highest BCUT2D eigenvalue weighted by atomic mass is 15.1. The molecule has 66 heavy (non-hydrogen) atoms. The molecule has 312 valence electrons. The Kier molecular flexibility index (Phi) is 8.51. The zero-order chi connectivity index (χ0) is 44.0. The molecule has 0 radical (unpaired) electrons. The molecule has 1 aromatic heterocycles. The van der Waals surface area contributed by atoms with Crippen LogP contribution in [0.5, 0.6) is 0 Å². The van der Waals surface area contributed by atoms with Crippen LogP contribution in [-0.4, -0.2) is 4.57 Å². The number of benzene rings is 10. The number of fused-ring (bicyclic) bond motifs is 9. The van der Waals surface area contributed by atoms with Crippen LogP contribution >= 0.6 is 0 Å². The van der Waals surface area contributed by atoms with Crippen LogP contribution in [0.15, 0.2) is 243 Å². The van der Waals surface area contributed by atoms with Crippen LogP contribution in [0.1, 0.15) is 47.2 Å². The third-order valence-electron chi connectivity index (χ3n) is 14.7. The molecule has 0 saturated heterocycles. The number of nitrogens with zero attached hydrogens (tertiary/aromatic N) is 2. The van der Waals surface area contributed by atoms with Gasteiger partial charge in [0.2, 0.25) is 0 Å². The lowest BCUT2D eigenvalue weighted by molar-refractivity contribution is 0.660. The molecule has 0 amide bonds. The lowest BCUT2D eigenvalue weighted by Crippen LogP contribution is -2.28. The Bertz CT molecular complexity index is 3580. The largest absolute Gasteiger partial charge is 0.310 e. The number of anilines is 3. The van der Waals surface area contributed by atoms with Crippen molar-refractivity contribution in [2.45, 2.75) is 24.7 Å². The molecule has 0 N–H and O–H groups in total. The Morgan fingerprint density at radius 3 is 1.53 bits per heavy atom. The molecule has 10 aromatic carbocycles. The smallest absolute Gasteiger partial charge is 0.0713 e. The van der Waals surface area contributed by atoms with Crippen molar-refractivity contribution in [3.63, 3.8) is 0 Å². The minimum Gasteiger partial charge on any atom is -0.310 e. The van der Waals surface area contributed by atoms with Crippen molar-refractivity contribution in [2.75, 3.05) is 4.90 Å². The summed E-state index contributed by atoms with van der Waals surface area (Å²) in [5.74, 6) is 0. The van der Waals surface area contributed by atoms with Crippen LogP contribution < -0.4 is 4.90 Å². The van der Waals surface area contributed by atoms with Crippen LogP contribution in [0, 0.1) is 0 Å². The molecule has 1 heterocycles. The summed E-state index contributed by atoms with van der Waals surface area (Å²) in [6.07, 6.45) is 0. The Balaban J connectivity index is 0.973. The van der Waals surface area contributed by atoms with E-state index in [1.807, 2.05) is 0 Å². The lowest BCUT2D eigenvalue weighted by atomic mass is 9.68. The van der Waals surface area contributed by atoms with Gasteiger partial charge in [0.1, 0.15) is 0 Å². The van der Waals surface area contributed by atoms with E-state index in [-0.39, 0.29) is 5.41 Å². The van der Waals surface area contributed by atoms with Gasteiger partial charge in [0.25, 0.3) is 0 Å². The van der Waals surface area contributed by atoms with Crippen molar-refractivity contribution >= 4 is 38.9 Å². The van der Waals surface area contributed by atoms with Gasteiger partial charge >= 0.3 is 0 Å². The summed E-state index contributed by atoms with van der Waals surface area (Å²) >= 11 is 0. The van der Waals surface area contributed by atoms with Crippen molar-refractivity contribution in [1.29, 1.82) is 0 Å². The van der Waals surface area contributed by atoms with E-state index in [2.05, 4.69) is 266 Å². The summed E-state index contributed by atoms with van der Waals surface area (Å²) in [4.78, 5) is 2.46. The fraction of sp³-hybridized carbons (Fsp3) is 0.0625. The van der Waals surface area contributed by atoms with Gasteiger partial charge in [-0.1, -0.05) is 196 Å². The zero-order valence-corrected chi connectivity index (χ0v) is 37.0. The van der Waals surface area contributed by atoms with E-state index in [0.717, 1.165) is 22.7 Å². The third kappa shape index (κ3) is 5.55. The van der Waals surface area contributed by atoms with Crippen molar-refractivity contribution in [3.8, 4) is 39.1 Å². The van der Waals surface area contributed by atoms with E-state index in [4.69, 9.17) is 0 Å². The zero-order valence-electron chi connectivity index (χ0n) is 37.0. The second-order valence-electron chi connectivity index (χ2n) is 18.5. The first-order valence-electron chi connectivity index (χ1n) is 23.1. The maximum absolute atomic E-state index is 2.46. The van der Waals surface area contributed by atoms with E-state index in [1.54, 1.807) is 0 Å².